The van der Waals surface area contributed by atoms with Crippen molar-refractivity contribution in [2.45, 2.75) is 67.7 Å². The maximum absolute atomic E-state index is 3.61. The zero-order valence-corrected chi connectivity index (χ0v) is 13.3. The molecule has 0 radical (unpaired) electrons. The van der Waals surface area contributed by atoms with Crippen LogP contribution in [0.5, 0.6) is 0 Å². The summed E-state index contributed by atoms with van der Waals surface area (Å²) in [7, 11) is 0. The summed E-state index contributed by atoms with van der Waals surface area (Å²) < 4.78 is 0. The number of nitrogens with one attached hydrogen (secondary N) is 1. The molecule has 0 aliphatic heterocycles. The first-order valence-corrected chi connectivity index (χ1v) is 7.41. The second kappa shape index (κ2) is 8.13. The minimum Gasteiger partial charge on any atom is -0.316 e. The SMILES string of the molecule is CC(C)C[C@H](C)CNCCC(C)CC(C)(C)C. The number of hydrogen-bond donors (Lipinski definition) is 1. The summed E-state index contributed by atoms with van der Waals surface area (Å²) >= 11 is 0. The van der Waals surface area contributed by atoms with E-state index in [1.807, 2.05) is 0 Å². The maximum Gasteiger partial charge on any atom is -0.00231 e. The van der Waals surface area contributed by atoms with Gasteiger partial charge in [0.05, 0.1) is 0 Å². The molecule has 1 N–H and O–H groups in total. The monoisotopic (exact) mass is 241 g/mol. The van der Waals surface area contributed by atoms with Gasteiger partial charge in [-0.15, -0.1) is 0 Å². The Morgan fingerprint density at radius 3 is 2.00 bits per heavy atom. The minimum absolute atomic E-state index is 0.477. The standard InChI is InChI=1S/C16H35N/c1-13(2)10-15(4)12-17-9-8-14(3)11-16(5,6)7/h13-15,17H,8-12H2,1-7H3/t14?,15-/m0/s1. The van der Waals surface area contributed by atoms with E-state index >= 15 is 0 Å². The smallest absolute Gasteiger partial charge is 0.00231 e. The van der Waals surface area contributed by atoms with Crippen LogP contribution in [0.2, 0.25) is 0 Å². The van der Waals surface area contributed by atoms with Gasteiger partial charge in [-0.1, -0.05) is 48.5 Å². The van der Waals surface area contributed by atoms with E-state index in [9.17, 15) is 0 Å². The van der Waals surface area contributed by atoms with E-state index in [1.54, 1.807) is 0 Å². The molecule has 2 atom stereocenters. The normalized spacial score (nSPS) is 16.2. The first kappa shape index (κ1) is 17.0. The van der Waals surface area contributed by atoms with Crippen molar-refractivity contribution >= 4 is 0 Å². The number of rotatable bonds is 8. The van der Waals surface area contributed by atoms with Gasteiger partial charge in [0.2, 0.25) is 0 Å². The highest BCUT2D eigenvalue weighted by atomic mass is 14.8. The third-order valence-corrected chi connectivity index (χ3v) is 3.14. The van der Waals surface area contributed by atoms with Crippen molar-refractivity contribution in [1.82, 2.24) is 5.32 Å². The van der Waals surface area contributed by atoms with E-state index < -0.39 is 0 Å². The van der Waals surface area contributed by atoms with Gasteiger partial charge in [-0.25, -0.2) is 0 Å². The van der Waals surface area contributed by atoms with Crippen LogP contribution >= 0.6 is 0 Å². The zero-order chi connectivity index (χ0) is 13.5. The van der Waals surface area contributed by atoms with E-state index in [4.69, 9.17) is 0 Å². The molecule has 0 saturated heterocycles. The van der Waals surface area contributed by atoms with Gasteiger partial charge in [-0.3, -0.25) is 0 Å². The highest BCUT2D eigenvalue weighted by Gasteiger charge is 2.14. The summed E-state index contributed by atoms with van der Waals surface area (Å²) in [6.45, 7) is 18.7. The molecule has 1 nitrogen and oxygen atoms in total. The highest BCUT2D eigenvalue weighted by Crippen LogP contribution is 2.25. The van der Waals surface area contributed by atoms with Gasteiger partial charge in [0.15, 0.2) is 0 Å². The third-order valence-electron chi connectivity index (χ3n) is 3.14. The quantitative estimate of drug-likeness (QED) is 0.606. The lowest BCUT2D eigenvalue weighted by molar-refractivity contribution is 0.292. The average Bonchev–Trinajstić information content (AvgIpc) is 2.08. The highest BCUT2D eigenvalue weighted by molar-refractivity contribution is 4.67. The molecule has 0 rings (SSSR count). The van der Waals surface area contributed by atoms with Gasteiger partial charge < -0.3 is 5.32 Å². The van der Waals surface area contributed by atoms with Crippen molar-refractivity contribution in [1.29, 1.82) is 0 Å². The zero-order valence-electron chi connectivity index (χ0n) is 13.3. The molecule has 0 aromatic carbocycles. The maximum atomic E-state index is 3.61. The average molecular weight is 241 g/mol. The fourth-order valence-corrected chi connectivity index (χ4v) is 2.73. The van der Waals surface area contributed by atoms with E-state index in [-0.39, 0.29) is 0 Å². The summed E-state index contributed by atoms with van der Waals surface area (Å²) in [6, 6.07) is 0. The van der Waals surface area contributed by atoms with Gasteiger partial charge in [-0.05, 0) is 55.5 Å². The second-order valence-corrected chi connectivity index (χ2v) is 7.60. The molecule has 0 aromatic heterocycles. The van der Waals surface area contributed by atoms with Crippen molar-refractivity contribution < 1.29 is 0 Å². The molecule has 1 unspecified atom stereocenters. The Labute approximate surface area is 110 Å². The molecule has 0 bridgehead atoms. The van der Waals surface area contributed by atoms with Crippen molar-refractivity contribution in [3.63, 3.8) is 0 Å². The Hall–Kier alpha value is -0.0400. The van der Waals surface area contributed by atoms with E-state index in [2.05, 4.69) is 53.8 Å². The fraction of sp³-hybridized carbons (Fsp3) is 1.00. The Kier molecular flexibility index (Phi) is 8.11. The Balaban J connectivity index is 3.51. The summed E-state index contributed by atoms with van der Waals surface area (Å²) in [5, 5.41) is 3.61. The molecule has 0 saturated carbocycles. The van der Waals surface area contributed by atoms with Gasteiger partial charge in [0.25, 0.3) is 0 Å². The lowest BCUT2D eigenvalue weighted by atomic mass is 9.84. The molecule has 0 aromatic rings. The van der Waals surface area contributed by atoms with E-state index in [1.165, 1.54) is 32.4 Å². The van der Waals surface area contributed by atoms with Crippen molar-refractivity contribution in [2.24, 2.45) is 23.2 Å². The van der Waals surface area contributed by atoms with Crippen LogP contribution in [-0.2, 0) is 0 Å². The summed E-state index contributed by atoms with van der Waals surface area (Å²) in [5.74, 6) is 2.47. The lowest BCUT2D eigenvalue weighted by Gasteiger charge is -2.23. The topological polar surface area (TPSA) is 12.0 Å². The van der Waals surface area contributed by atoms with Crippen LogP contribution in [0.3, 0.4) is 0 Å². The van der Waals surface area contributed by atoms with Gasteiger partial charge in [-0.2, -0.15) is 0 Å². The third kappa shape index (κ3) is 12.2. The predicted octanol–water partition coefficient (Wildman–Crippen LogP) is 4.72. The molecular weight excluding hydrogens is 206 g/mol. The number of hydrogen-bond acceptors (Lipinski definition) is 1. The molecule has 0 spiro atoms. The van der Waals surface area contributed by atoms with Crippen LogP contribution in [0.4, 0.5) is 0 Å². The lowest BCUT2D eigenvalue weighted by Crippen LogP contribution is -2.25. The van der Waals surface area contributed by atoms with Gasteiger partial charge in [0.1, 0.15) is 0 Å². The fourth-order valence-electron chi connectivity index (χ4n) is 2.73. The Morgan fingerprint density at radius 2 is 1.53 bits per heavy atom. The molecule has 0 fully saturated rings. The first-order chi connectivity index (χ1) is 7.70. The van der Waals surface area contributed by atoms with Gasteiger partial charge in [0, 0.05) is 0 Å². The molecule has 104 valence electrons. The van der Waals surface area contributed by atoms with Crippen molar-refractivity contribution in [2.75, 3.05) is 13.1 Å². The van der Waals surface area contributed by atoms with Crippen LogP contribution in [0.1, 0.15) is 67.7 Å². The van der Waals surface area contributed by atoms with E-state index in [0.717, 1.165) is 17.8 Å². The Morgan fingerprint density at radius 1 is 0.941 bits per heavy atom. The molecular formula is C16H35N. The molecule has 0 aliphatic rings. The minimum atomic E-state index is 0.477. The van der Waals surface area contributed by atoms with Crippen LogP contribution in [0, 0.1) is 23.2 Å². The Bertz CT molecular complexity index is 178. The predicted molar refractivity (Wildman–Crippen MR) is 79.3 cm³/mol. The van der Waals surface area contributed by atoms with Crippen LogP contribution in [0.15, 0.2) is 0 Å². The van der Waals surface area contributed by atoms with Crippen LogP contribution in [-0.4, -0.2) is 13.1 Å². The molecule has 17 heavy (non-hydrogen) atoms. The molecule has 1 heteroatoms. The van der Waals surface area contributed by atoms with Crippen LogP contribution in [0.25, 0.3) is 0 Å². The molecule has 0 aliphatic carbocycles. The van der Waals surface area contributed by atoms with E-state index in [0.29, 0.717) is 5.41 Å². The van der Waals surface area contributed by atoms with Gasteiger partial charge >= 0.3 is 0 Å². The first-order valence-electron chi connectivity index (χ1n) is 7.41. The molecule has 0 amide bonds. The molecule has 0 heterocycles. The largest absolute Gasteiger partial charge is 0.316 e. The summed E-state index contributed by atoms with van der Waals surface area (Å²) in [5.41, 5.74) is 0.477. The summed E-state index contributed by atoms with van der Waals surface area (Å²) in [4.78, 5) is 0. The second-order valence-electron chi connectivity index (χ2n) is 7.60. The summed E-state index contributed by atoms with van der Waals surface area (Å²) in [6.07, 6.45) is 3.98. The van der Waals surface area contributed by atoms with Crippen molar-refractivity contribution in [3.05, 3.63) is 0 Å². The van der Waals surface area contributed by atoms with Crippen LogP contribution < -0.4 is 5.32 Å². The van der Waals surface area contributed by atoms with Crippen molar-refractivity contribution in [3.8, 4) is 0 Å².